The van der Waals surface area contributed by atoms with Crippen molar-refractivity contribution >= 4 is 34.4 Å². The normalized spacial score (nSPS) is 10.5. The van der Waals surface area contributed by atoms with Crippen LogP contribution in [-0.2, 0) is 20.9 Å². The number of fused-ring (bicyclic) bond motifs is 1. The van der Waals surface area contributed by atoms with Crippen LogP contribution in [0.3, 0.4) is 0 Å². The predicted molar refractivity (Wildman–Crippen MR) is 74.4 cm³/mol. The molecule has 0 spiro atoms. The van der Waals surface area contributed by atoms with Crippen molar-refractivity contribution in [3.8, 4) is 0 Å². The maximum absolute atomic E-state index is 11.6. The molecule has 0 atom stereocenters. The molecular weight excluding hydrogens is 282 g/mol. The van der Waals surface area contributed by atoms with Crippen molar-refractivity contribution in [3.05, 3.63) is 29.4 Å². The second kappa shape index (κ2) is 6.38. The van der Waals surface area contributed by atoms with Gasteiger partial charge in [-0.1, -0.05) is 17.7 Å². The van der Waals surface area contributed by atoms with Gasteiger partial charge in [-0.3, -0.25) is 14.3 Å². The molecule has 0 aliphatic carbocycles. The summed E-state index contributed by atoms with van der Waals surface area (Å²) in [7, 11) is 1.27. The molecule has 0 aliphatic heterocycles. The number of rotatable bonds is 5. The first-order valence-corrected chi connectivity index (χ1v) is 6.43. The molecule has 0 aliphatic rings. The molecular formula is C13H14ClN3O3. The quantitative estimate of drug-likeness (QED) is 0.846. The topological polar surface area (TPSA) is 73.2 Å². The smallest absolute Gasteiger partial charge is 0.325 e. The third-order valence-corrected chi connectivity index (χ3v) is 3.17. The van der Waals surface area contributed by atoms with Crippen LogP contribution in [0.5, 0.6) is 0 Å². The Morgan fingerprint density at radius 2 is 2.25 bits per heavy atom. The van der Waals surface area contributed by atoms with E-state index in [2.05, 4.69) is 15.2 Å². The standard InChI is InChI=1S/C13H14ClN3O3/c1-20-13(19)8-15-12(18)5-6-17-11-4-2-3-10(14)9(11)7-16-17/h2-4,7H,5-6,8H2,1H3,(H,15,18). The summed E-state index contributed by atoms with van der Waals surface area (Å²) in [6.07, 6.45) is 1.89. The van der Waals surface area contributed by atoms with Gasteiger partial charge in [-0.05, 0) is 12.1 Å². The lowest BCUT2D eigenvalue weighted by molar-refractivity contribution is -0.141. The lowest BCUT2D eigenvalue weighted by atomic mass is 10.2. The van der Waals surface area contributed by atoms with E-state index in [0.29, 0.717) is 11.6 Å². The van der Waals surface area contributed by atoms with Gasteiger partial charge in [0.15, 0.2) is 0 Å². The first kappa shape index (κ1) is 14.3. The molecule has 1 N–H and O–H groups in total. The van der Waals surface area contributed by atoms with Gasteiger partial charge < -0.3 is 10.1 Å². The number of amides is 1. The molecule has 1 aromatic heterocycles. The second-order valence-corrected chi connectivity index (χ2v) is 4.55. The molecule has 2 rings (SSSR count). The summed E-state index contributed by atoms with van der Waals surface area (Å²) in [5.74, 6) is -0.712. The lowest BCUT2D eigenvalue weighted by Crippen LogP contribution is -2.30. The number of methoxy groups -OCH3 is 1. The molecule has 1 aromatic carbocycles. The zero-order chi connectivity index (χ0) is 14.5. The molecule has 6 nitrogen and oxygen atoms in total. The summed E-state index contributed by atoms with van der Waals surface area (Å²) in [5.41, 5.74) is 0.873. The van der Waals surface area contributed by atoms with E-state index >= 15 is 0 Å². The maximum Gasteiger partial charge on any atom is 0.325 e. The molecule has 0 saturated heterocycles. The summed E-state index contributed by atoms with van der Waals surface area (Å²) in [4.78, 5) is 22.5. The van der Waals surface area contributed by atoms with Gasteiger partial charge in [-0.15, -0.1) is 0 Å². The van der Waals surface area contributed by atoms with E-state index in [4.69, 9.17) is 11.6 Å². The minimum atomic E-state index is -0.477. The van der Waals surface area contributed by atoms with Gasteiger partial charge >= 0.3 is 5.97 Å². The molecule has 0 bridgehead atoms. The zero-order valence-corrected chi connectivity index (χ0v) is 11.7. The molecule has 106 valence electrons. The van der Waals surface area contributed by atoms with Crippen LogP contribution in [0.1, 0.15) is 6.42 Å². The summed E-state index contributed by atoms with van der Waals surface area (Å²) in [6.45, 7) is 0.290. The zero-order valence-electron chi connectivity index (χ0n) is 10.9. The number of hydrogen-bond donors (Lipinski definition) is 1. The first-order chi connectivity index (χ1) is 9.61. The number of aryl methyl sites for hydroxylation is 1. The van der Waals surface area contributed by atoms with Crippen LogP contribution in [0.4, 0.5) is 0 Å². The number of carbonyl (C=O) groups is 2. The van der Waals surface area contributed by atoms with Gasteiger partial charge in [-0.25, -0.2) is 0 Å². The Labute approximate surface area is 120 Å². The number of ether oxygens (including phenoxy) is 1. The Balaban J connectivity index is 1.94. The predicted octanol–water partition coefficient (Wildman–Crippen LogP) is 1.37. The fraction of sp³-hybridized carbons (Fsp3) is 0.308. The van der Waals surface area contributed by atoms with Crippen molar-refractivity contribution in [3.63, 3.8) is 0 Å². The molecule has 0 fully saturated rings. The third-order valence-electron chi connectivity index (χ3n) is 2.84. The fourth-order valence-corrected chi connectivity index (χ4v) is 2.00. The highest BCUT2D eigenvalue weighted by atomic mass is 35.5. The number of benzene rings is 1. The average molecular weight is 296 g/mol. The van der Waals surface area contributed by atoms with E-state index in [9.17, 15) is 9.59 Å². The largest absolute Gasteiger partial charge is 0.468 e. The Bertz CT molecular complexity index is 639. The average Bonchev–Trinajstić information content (AvgIpc) is 2.87. The second-order valence-electron chi connectivity index (χ2n) is 4.14. The van der Waals surface area contributed by atoms with E-state index in [-0.39, 0.29) is 18.9 Å². The Kier molecular flexibility index (Phi) is 4.57. The Hall–Kier alpha value is -2.08. The van der Waals surface area contributed by atoms with Gasteiger partial charge in [0.1, 0.15) is 6.54 Å². The highest BCUT2D eigenvalue weighted by Crippen LogP contribution is 2.22. The molecule has 0 saturated carbocycles. The van der Waals surface area contributed by atoms with E-state index in [1.807, 2.05) is 12.1 Å². The van der Waals surface area contributed by atoms with Crippen LogP contribution >= 0.6 is 11.6 Å². The van der Waals surface area contributed by atoms with Gasteiger partial charge in [0.25, 0.3) is 0 Å². The monoisotopic (exact) mass is 295 g/mol. The van der Waals surface area contributed by atoms with Crippen molar-refractivity contribution in [1.29, 1.82) is 0 Å². The highest BCUT2D eigenvalue weighted by molar-refractivity contribution is 6.35. The molecule has 1 amide bonds. The van der Waals surface area contributed by atoms with Crippen molar-refractivity contribution in [2.45, 2.75) is 13.0 Å². The first-order valence-electron chi connectivity index (χ1n) is 6.05. The van der Waals surface area contributed by atoms with Gasteiger partial charge in [0, 0.05) is 11.8 Å². The highest BCUT2D eigenvalue weighted by Gasteiger charge is 2.08. The van der Waals surface area contributed by atoms with Crippen LogP contribution in [0.25, 0.3) is 10.9 Å². The van der Waals surface area contributed by atoms with Gasteiger partial charge in [0.05, 0.1) is 30.4 Å². The van der Waals surface area contributed by atoms with Crippen molar-refractivity contribution in [2.24, 2.45) is 0 Å². The van der Waals surface area contributed by atoms with Gasteiger partial charge in [0.2, 0.25) is 5.91 Å². The minimum Gasteiger partial charge on any atom is -0.468 e. The number of halogens is 1. The Morgan fingerprint density at radius 3 is 3.00 bits per heavy atom. The maximum atomic E-state index is 11.6. The van der Waals surface area contributed by atoms with E-state index in [0.717, 1.165) is 10.9 Å². The molecule has 0 radical (unpaired) electrons. The van der Waals surface area contributed by atoms with E-state index in [1.54, 1.807) is 16.9 Å². The molecule has 2 aromatic rings. The van der Waals surface area contributed by atoms with E-state index < -0.39 is 5.97 Å². The van der Waals surface area contributed by atoms with Crippen LogP contribution in [0, 0.1) is 0 Å². The van der Waals surface area contributed by atoms with Crippen LogP contribution in [-0.4, -0.2) is 35.3 Å². The lowest BCUT2D eigenvalue weighted by Gasteiger charge is -2.05. The van der Waals surface area contributed by atoms with Crippen LogP contribution in [0.2, 0.25) is 5.02 Å². The SMILES string of the molecule is COC(=O)CNC(=O)CCn1ncc2c(Cl)cccc21. The molecule has 7 heteroatoms. The number of aromatic nitrogens is 2. The van der Waals surface area contributed by atoms with Crippen molar-refractivity contribution in [1.82, 2.24) is 15.1 Å². The van der Waals surface area contributed by atoms with Crippen molar-refractivity contribution in [2.75, 3.05) is 13.7 Å². The molecule has 0 unspecified atom stereocenters. The minimum absolute atomic E-state index is 0.124. The summed E-state index contributed by atoms with van der Waals surface area (Å²) >= 11 is 6.05. The fourth-order valence-electron chi connectivity index (χ4n) is 1.79. The number of carbonyl (C=O) groups excluding carboxylic acids is 2. The van der Waals surface area contributed by atoms with Crippen molar-refractivity contribution < 1.29 is 14.3 Å². The van der Waals surface area contributed by atoms with Crippen LogP contribution < -0.4 is 5.32 Å². The van der Waals surface area contributed by atoms with Gasteiger partial charge in [-0.2, -0.15) is 5.10 Å². The molecule has 20 heavy (non-hydrogen) atoms. The number of hydrogen-bond acceptors (Lipinski definition) is 4. The summed E-state index contributed by atoms with van der Waals surface area (Å²) in [5, 5.41) is 8.15. The van der Waals surface area contributed by atoms with Crippen LogP contribution in [0.15, 0.2) is 24.4 Å². The molecule has 1 heterocycles. The number of esters is 1. The third kappa shape index (κ3) is 3.27. The van der Waals surface area contributed by atoms with E-state index in [1.165, 1.54) is 7.11 Å². The number of nitrogens with one attached hydrogen (secondary N) is 1. The Morgan fingerprint density at radius 1 is 1.45 bits per heavy atom. The summed E-state index contributed by atoms with van der Waals surface area (Å²) in [6, 6.07) is 5.51. The number of nitrogens with zero attached hydrogens (tertiary/aromatic N) is 2. The summed E-state index contributed by atoms with van der Waals surface area (Å²) < 4.78 is 6.14.